The van der Waals surface area contributed by atoms with Gasteiger partial charge >= 0.3 is 0 Å². The predicted molar refractivity (Wildman–Crippen MR) is 94.7 cm³/mol. The Bertz CT molecular complexity index is 737. The van der Waals surface area contributed by atoms with Gasteiger partial charge in [0.2, 0.25) is 5.91 Å². The molecule has 0 saturated carbocycles. The van der Waals surface area contributed by atoms with Gasteiger partial charge < -0.3 is 15.7 Å². The molecule has 4 nitrogen and oxygen atoms in total. The molecule has 120 valence electrons. The smallest absolute Gasteiger partial charge is 0.244 e. The number of hydrogen-bond donors (Lipinski definition) is 2. The molecular formula is C18H19BrN2O2. The summed E-state index contributed by atoms with van der Waals surface area (Å²) in [4.78, 5) is 14.5. The molecule has 0 aromatic heterocycles. The molecule has 0 unspecified atom stereocenters. The van der Waals surface area contributed by atoms with Crippen molar-refractivity contribution in [3.8, 4) is 5.75 Å². The lowest BCUT2D eigenvalue weighted by Crippen LogP contribution is -2.44. The van der Waals surface area contributed by atoms with Crippen LogP contribution >= 0.6 is 15.9 Å². The van der Waals surface area contributed by atoms with Crippen molar-refractivity contribution in [2.24, 2.45) is 5.73 Å². The second kappa shape index (κ2) is 6.34. The highest BCUT2D eigenvalue weighted by Crippen LogP contribution is 2.30. The monoisotopic (exact) mass is 374 g/mol. The Labute approximate surface area is 144 Å². The van der Waals surface area contributed by atoms with Gasteiger partial charge in [-0.2, -0.15) is 0 Å². The van der Waals surface area contributed by atoms with Crippen LogP contribution in [0, 0.1) is 6.92 Å². The van der Waals surface area contributed by atoms with Crippen molar-refractivity contribution in [3.05, 3.63) is 57.6 Å². The number of anilines is 1. The summed E-state index contributed by atoms with van der Waals surface area (Å²) in [5.74, 6) is 0.140. The molecule has 1 heterocycles. The Kier molecular flexibility index (Phi) is 4.41. The van der Waals surface area contributed by atoms with Gasteiger partial charge in [-0.15, -0.1) is 0 Å². The molecule has 1 amide bonds. The summed E-state index contributed by atoms with van der Waals surface area (Å²) in [6.45, 7) is 2.59. The lowest BCUT2D eigenvalue weighted by Gasteiger charge is -2.22. The van der Waals surface area contributed by atoms with E-state index in [1.165, 1.54) is 5.56 Å². The summed E-state index contributed by atoms with van der Waals surface area (Å²) in [7, 11) is 0. The van der Waals surface area contributed by atoms with E-state index in [1.807, 2.05) is 25.1 Å². The molecule has 5 heteroatoms. The molecule has 0 spiro atoms. The van der Waals surface area contributed by atoms with Crippen molar-refractivity contribution in [3.63, 3.8) is 0 Å². The van der Waals surface area contributed by atoms with Gasteiger partial charge in [0.1, 0.15) is 5.75 Å². The number of carbonyl (C=O) groups excluding carboxylic acids is 1. The fourth-order valence-corrected chi connectivity index (χ4v) is 3.80. The predicted octanol–water partition coefficient (Wildman–Crippen LogP) is 2.92. The van der Waals surface area contributed by atoms with Crippen LogP contribution in [0.15, 0.2) is 40.9 Å². The number of aromatic hydroxyl groups is 1. The lowest BCUT2D eigenvalue weighted by atomic mass is 10.0. The summed E-state index contributed by atoms with van der Waals surface area (Å²) in [6.07, 6.45) is 1.31. The Hall–Kier alpha value is -1.85. The maximum atomic E-state index is 12.7. The summed E-state index contributed by atoms with van der Waals surface area (Å²) in [5.41, 5.74) is 10.2. The third-order valence-electron chi connectivity index (χ3n) is 4.30. The van der Waals surface area contributed by atoms with E-state index in [2.05, 4.69) is 22.0 Å². The number of benzene rings is 2. The average molecular weight is 375 g/mol. The van der Waals surface area contributed by atoms with E-state index in [0.29, 0.717) is 13.0 Å². The minimum Gasteiger partial charge on any atom is -0.508 e. The minimum atomic E-state index is -0.610. The van der Waals surface area contributed by atoms with E-state index < -0.39 is 6.04 Å². The number of phenolic OH excluding ortho intramolecular Hbond substituents is 1. The van der Waals surface area contributed by atoms with Crippen molar-refractivity contribution in [1.82, 2.24) is 0 Å². The van der Waals surface area contributed by atoms with Crippen LogP contribution in [-0.4, -0.2) is 23.6 Å². The molecule has 2 aromatic carbocycles. The summed E-state index contributed by atoms with van der Waals surface area (Å²) in [6, 6.07) is 10.7. The number of carbonyl (C=O) groups is 1. The fourth-order valence-electron chi connectivity index (χ4n) is 3.09. The Balaban J connectivity index is 1.80. The molecular weight excluding hydrogens is 356 g/mol. The van der Waals surface area contributed by atoms with Crippen LogP contribution in [0.4, 0.5) is 5.69 Å². The molecule has 0 bridgehead atoms. The molecule has 0 radical (unpaired) electrons. The molecule has 1 atom stereocenters. The van der Waals surface area contributed by atoms with Gasteiger partial charge in [-0.1, -0.05) is 34.1 Å². The van der Waals surface area contributed by atoms with Crippen LogP contribution in [0.1, 0.15) is 16.7 Å². The maximum Gasteiger partial charge on any atom is 0.244 e. The first-order chi connectivity index (χ1) is 11.0. The van der Waals surface area contributed by atoms with Crippen LogP contribution < -0.4 is 10.6 Å². The molecule has 2 aromatic rings. The molecule has 0 saturated heterocycles. The van der Waals surface area contributed by atoms with E-state index in [1.54, 1.807) is 17.0 Å². The third-order valence-corrected chi connectivity index (χ3v) is 5.01. The van der Waals surface area contributed by atoms with Gasteiger partial charge in [0.05, 0.1) is 6.04 Å². The van der Waals surface area contributed by atoms with E-state index in [4.69, 9.17) is 5.73 Å². The van der Waals surface area contributed by atoms with Gasteiger partial charge in [0.15, 0.2) is 0 Å². The molecule has 1 aliphatic rings. The van der Waals surface area contributed by atoms with Crippen LogP contribution in [-0.2, 0) is 17.6 Å². The number of phenols is 1. The van der Waals surface area contributed by atoms with Gasteiger partial charge in [0.25, 0.3) is 0 Å². The number of aryl methyl sites for hydroxylation is 1. The second-order valence-electron chi connectivity index (χ2n) is 5.90. The van der Waals surface area contributed by atoms with Crippen LogP contribution in [0.3, 0.4) is 0 Å². The third kappa shape index (κ3) is 3.12. The van der Waals surface area contributed by atoms with E-state index in [-0.39, 0.29) is 11.7 Å². The zero-order valence-corrected chi connectivity index (χ0v) is 14.5. The molecule has 0 fully saturated rings. The van der Waals surface area contributed by atoms with E-state index in [9.17, 15) is 9.90 Å². The first-order valence-corrected chi connectivity index (χ1v) is 8.39. The van der Waals surface area contributed by atoms with Crippen molar-refractivity contribution < 1.29 is 9.90 Å². The first kappa shape index (κ1) is 16.0. The SMILES string of the molecule is Cc1cc(O)cc(Br)c1C[C@@H](N)C(=O)N1CCc2ccccc21. The van der Waals surface area contributed by atoms with Crippen molar-refractivity contribution in [2.45, 2.75) is 25.8 Å². The Morgan fingerprint density at radius 1 is 1.39 bits per heavy atom. The van der Waals surface area contributed by atoms with Crippen LogP contribution in [0.2, 0.25) is 0 Å². The summed E-state index contributed by atoms with van der Waals surface area (Å²) in [5, 5.41) is 9.61. The highest BCUT2D eigenvalue weighted by atomic mass is 79.9. The van der Waals surface area contributed by atoms with Gasteiger partial charge in [-0.25, -0.2) is 0 Å². The fraction of sp³-hybridized carbons (Fsp3) is 0.278. The average Bonchev–Trinajstić information content (AvgIpc) is 2.93. The van der Waals surface area contributed by atoms with Crippen LogP contribution in [0.25, 0.3) is 0 Å². The van der Waals surface area contributed by atoms with Gasteiger partial charge in [-0.05, 0) is 54.7 Å². The molecule has 3 N–H and O–H groups in total. The maximum absolute atomic E-state index is 12.7. The summed E-state index contributed by atoms with van der Waals surface area (Å²) >= 11 is 3.44. The number of nitrogens with two attached hydrogens (primary N) is 1. The minimum absolute atomic E-state index is 0.0608. The highest BCUT2D eigenvalue weighted by molar-refractivity contribution is 9.10. The van der Waals surface area contributed by atoms with Crippen molar-refractivity contribution in [1.29, 1.82) is 0 Å². The zero-order valence-electron chi connectivity index (χ0n) is 12.9. The summed E-state index contributed by atoms with van der Waals surface area (Å²) < 4.78 is 0.778. The molecule has 3 rings (SSSR count). The molecule has 0 aliphatic carbocycles. The van der Waals surface area contributed by atoms with Gasteiger partial charge in [-0.3, -0.25) is 4.79 Å². The Morgan fingerprint density at radius 3 is 2.87 bits per heavy atom. The number of rotatable bonds is 3. The van der Waals surface area contributed by atoms with Crippen LogP contribution in [0.5, 0.6) is 5.75 Å². The lowest BCUT2D eigenvalue weighted by molar-refractivity contribution is -0.119. The molecule has 23 heavy (non-hydrogen) atoms. The largest absolute Gasteiger partial charge is 0.508 e. The Morgan fingerprint density at radius 2 is 2.13 bits per heavy atom. The number of halogens is 1. The van der Waals surface area contributed by atoms with Gasteiger partial charge in [0, 0.05) is 16.7 Å². The number of hydrogen-bond acceptors (Lipinski definition) is 3. The number of amides is 1. The standard InChI is InChI=1S/C18H19BrN2O2/c1-11-8-13(22)9-15(19)14(11)10-16(20)18(23)21-7-6-12-4-2-3-5-17(12)21/h2-5,8-9,16,22H,6-7,10,20H2,1H3/t16-/m1/s1. The van der Waals surface area contributed by atoms with E-state index in [0.717, 1.165) is 27.7 Å². The number of fused-ring (bicyclic) bond motifs is 1. The van der Waals surface area contributed by atoms with Crippen molar-refractivity contribution >= 4 is 27.5 Å². The van der Waals surface area contributed by atoms with E-state index >= 15 is 0 Å². The zero-order chi connectivity index (χ0) is 16.6. The number of nitrogens with zero attached hydrogens (tertiary/aromatic N) is 1. The quantitative estimate of drug-likeness (QED) is 0.867. The second-order valence-corrected chi connectivity index (χ2v) is 6.76. The molecule has 1 aliphatic heterocycles. The number of para-hydroxylation sites is 1. The highest BCUT2D eigenvalue weighted by Gasteiger charge is 2.28. The van der Waals surface area contributed by atoms with Crippen molar-refractivity contribution in [2.75, 3.05) is 11.4 Å². The topological polar surface area (TPSA) is 66.6 Å². The first-order valence-electron chi connectivity index (χ1n) is 7.60. The normalized spacial score (nSPS) is 14.7.